The van der Waals surface area contributed by atoms with E-state index in [2.05, 4.69) is 6.92 Å². The van der Waals surface area contributed by atoms with Crippen LogP contribution in [0.2, 0.25) is 0 Å². The molecule has 0 saturated carbocycles. The summed E-state index contributed by atoms with van der Waals surface area (Å²) in [5.74, 6) is -1.11. The topological polar surface area (TPSA) is 40.6 Å². The lowest BCUT2D eigenvalue weighted by molar-refractivity contribution is -0.138. The van der Waals surface area contributed by atoms with Crippen LogP contribution in [-0.2, 0) is 22.3 Å². The maximum Gasteiger partial charge on any atom is 0.416 e. The smallest absolute Gasteiger partial charge is 0.366 e. The highest BCUT2D eigenvalue weighted by atomic mass is 19.4. The maximum absolute atomic E-state index is 13.5. The quantitative estimate of drug-likeness (QED) is 0.498. The van der Waals surface area contributed by atoms with Crippen LogP contribution in [0, 0.1) is 11.7 Å². The van der Waals surface area contributed by atoms with E-state index in [-0.39, 0.29) is 23.4 Å². The highest BCUT2D eigenvalue weighted by molar-refractivity contribution is 6.35. The number of amides is 2. The van der Waals surface area contributed by atoms with E-state index >= 15 is 0 Å². The molecule has 2 heterocycles. The molecule has 1 saturated heterocycles. The molecule has 0 spiro atoms. The largest absolute Gasteiger partial charge is 0.416 e. The minimum atomic E-state index is -4.53. The Morgan fingerprint density at radius 1 is 0.969 bits per heavy atom. The standard InChI is InChI=1S/C24H22F4N2O2/c1-15-9-11-29(12-10-15)21-20(17-5-7-19(25)8-6-17)22(31)30(23(21)32)14-16-3-2-4-18(13-16)24(26,27)28/h2-8,13,15H,9-12,14H2,1H3. The van der Waals surface area contributed by atoms with Gasteiger partial charge in [0.05, 0.1) is 17.7 Å². The van der Waals surface area contributed by atoms with Crippen molar-refractivity contribution < 1.29 is 27.2 Å². The van der Waals surface area contributed by atoms with Gasteiger partial charge >= 0.3 is 6.18 Å². The van der Waals surface area contributed by atoms with E-state index in [1.807, 2.05) is 4.90 Å². The van der Waals surface area contributed by atoms with E-state index in [9.17, 15) is 27.2 Å². The van der Waals surface area contributed by atoms with Crippen LogP contribution in [0.15, 0.2) is 54.2 Å². The van der Waals surface area contributed by atoms with Crippen LogP contribution in [0.4, 0.5) is 17.6 Å². The number of rotatable bonds is 4. The Morgan fingerprint density at radius 3 is 2.25 bits per heavy atom. The molecular formula is C24H22F4N2O2. The third-order valence-electron chi connectivity index (χ3n) is 5.97. The molecule has 2 aliphatic heterocycles. The summed E-state index contributed by atoms with van der Waals surface area (Å²) in [7, 11) is 0. The molecule has 2 aromatic rings. The van der Waals surface area contributed by atoms with E-state index in [1.54, 1.807) is 0 Å². The second kappa shape index (κ2) is 8.41. The van der Waals surface area contributed by atoms with Crippen molar-refractivity contribution in [2.24, 2.45) is 5.92 Å². The monoisotopic (exact) mass is 446 g/mol. The van der Waals surface area contributed by atoms with Crippen LogP contribution in [0.1, 0.15) is 36.5 Å². The van der Waals surface area contributed by atoms with Crippen molar-refractivity contribution >= 4 is 17.4 Å². The van der Waals surface area contributed by atoms with Crippen LogP contribution in [-0.4, -0.2) is 34.7 Å². The minimum Gasteiger partial charge on any atom is -0.366 e. The zero-order valence-electron chi connectivity index (χ0n) is 17.5. The van der Waals surface area contributed by atoms with Gasteiger partial charge in [-0.05, 0) is 54.2 Å². The first kappa shape index (κ1) is 22.0. The fourth-order valence-corrected chi connectivity index (χ4v) is 4.14. The SMILES string of the molecule is CC1CCN(C2=C(c3ccc(F)cc3)C(=O)N(Cc3cccc(C(F)(F)F)c3)C2=O)CC1. The van der Waals surface area contributed by atoms with Crippen molar-refractivity contribution in [3.8, 4) is 0 Å². The second-order valence-electron chi connectivity index (χ2n) is 8.29. The van der Waals surface area contributed by atoms with Crippen molar-refractivity contribution in [1.82, 2.24) is 9.80 Å². The number of carbonyl (C=O) groups is 2. The van der Waals surface area contributed by atoms with Crippen LogP contribution >= 0.6 is 0 Å². The predicted octanol–water partition coefficient (Wildman–Crippen LogP) is 4.86. The molecule has 1 fully saturated rings. The lowest BCUT2D eigenvalue weighted by Crippen LogP contribution is -2.38. The van der Waals surface area contributed by atoms with Crippen molar-refractivity contribution in [3.63, 3.8) is 0 Å². The molecule has 0 aliphatic carbocycles. The number of benzene rings is 2. The Balaban J connectivity index is 1.70. The number of halogens is 4. The molecule has 0 atom stereocenters. The van der Waals surface area contributed by atoms with Crippen LogP contribution in [0.25, 0.3) is 5.57 Å². The van der Waals surface area contributed by atoms with Crippen LogP contribution in [0.5, 0.6) is 0 Å². The summed E-state index contributed by atoms with van der Waals surface area (Å²) in [6, 6.07) is 9.90. The molecule has 0 unspecified atom stereocenters. The Bertz CT molecular complexity index is 1070. The van der Waals surface area contributed by atoms with E-state index in [4.69, 9.17) is 0 Å². The van der Waals surface area contributed by atoms with Crippen LogP contribution < -0.4 is 0 Å². The zero-order valence-corrected chi connectivity index (χ0v) is 17.5. The van der Waals surface area contributed by atoms with Crippen LogP contribution in [0.3, 0.4) is 0 Å². The maximum atomic E-state index is 13.5. The van der Waals surface area contributed by atoms with Gasteiger partial charge in [-0.2, -0.15) is 13.2 Å². The third kappa shape index (κ3) is 4.26. The van der Waals surface area contributed by atoms with E-state index in [0.717, 1.165) is 29.9 Å². The Kier molecular flexibility index (Phi) is 5.79. The Hall–Kier alpha value is -3.16. The number of piperidine rings is 1. The van der Waals surface area contributed by atoms with E-state index in [0.29, 0.717) is 24.6 Å². The van der Waals surface area contributed by atoms with Crippen molar-refractivity contribution in [3.05, 3.63) is 76.7 Å². The summed E-state index contributed by atoms with van der Waals surface area (Å²) in [5.41, 5.74) is 0.168. The first-order chi connectivity index (χ1) is 15.1. The average Bonchev–Trinajstić information content (AvgIpc) is 2.99. The number of imide groups is 1. The van der Waals surface area contributed by atoms with Gasteiger partial charge in [-0.3, -0.25) is 14.5 Å². The van der Waals surface area contributed by atoms with Gasteiger partial charge in [0.2, 0.25) is 0 Å². The summed E-state index contributed by atoms with van der Waals surface area (Å²) in [4.78, 5) is 29.5. The molecule has 8 heteroatoms. The van der Waals surface area contributed by atoms with Gasteiger partial charge in [0.15, 0.2) is 0 Å². The molecule has 4 rings (SSSR count). The van der Waals surface area contributed by atoms with Crippen molar-refractivity contribution in [2.45, 2.75) is 32.5 Å². The molecule has 0 aromatic heterocycles. The van der Waals surface area contributed by atoms with Gasteiger partial charge in [-0.25, -0.2) is 4.39 Å². The van der Waals surface area contributed by atoms with Gasteiger partial charge in [-0.15, -0.1) is 0 Å². The van der Waals surface area contributed by atoms with Gasteiger partial charge in [-0.1, -0.05) is 31.2 Å². The van der Waals surface area contributed by atoms with Crippen molar-refractivity contribution in [2.75, 3.05) is 13.1 Å². The molecule has 0 bridgehead atoms. The molecule has 0 N–H and O–H groups in total. The fourth-order valence-electron chi connectivity index (χ4n) is 4.14. The number of nitrogens with zero attached hydrogens (tertiary/aromatic N) is 2. The molecule has 2 amide bonds. The molecule has 32 heavy (non-hydrogen) atoms. The molecule has 0 radical (unpaired) electrons. The van der Waals surface area contributed by atoms with E-state index in [1.165, 1.54) is 36.4 Å². The highest BCUT2D eigenvalue weighted by Gasteiger charge is 2.42. The number of carbonyl (C=O) groups excluding carboxylic acids is 2. The molecule has 4 nitrogen and oxygen atoms in total. The Morgan fingerprint density at radius 2 is 1.62 bits per heavy atom. The number of hydrogen-bond donors (Lipinski definition) is 0. The highest BCUT2D eigenvalue weighted by Crippen LogP contribution is 2.35. The van der Waals surface area contributed by atoms with Gasteiger partial charge < -0.3 is 4.90 Å². The Labute approximate surface area is 183 Å². The van der Waals surface area contributed by atoms with Crippen molar-refractivity contribution in [1.29, 1.82) is 0 Å². The lowest BCUT2D eigenvalue weighted by atomic mass is 9.97. The van der Waals surface area contributed by atoms with E-state index < -0.39 is 29.4 Å². The molecule has 168 valence electrons. The van der Waals surface area contributed by atoms with Gasteiger partial charge in [0.25, 0.3) is 11.8 Å². The first-order valence-electron chi connectivity index (χ1n) is 10.4. The van der Waals surface area contributed by atoms with Gasteiger partial charge in [0.1, 0.15) is 11.5 Å². The first-order valence-corrected chi connectivity index (χ1v) is 10.4. The van der Waals surface area contributed by atoms with Gasteiger partial charge in [0, 0.05) is 13.1 Å². The predicted molar refractivity (Wildman–Crippen MR) is 110 cm³/mol. The normalized spacial score (nSPS) is 18.2. The summed E-state index contributed by atoms with van der Waals surface area (Å²) >= 11 is 0. The lowest BCUT2D eigenvalue weighted by Gasteiger charge is -2.32. The minimum absolute atomic E-state index is 0.163. The fraction of sp³-hybridized carbons (Fsp3) is 0.333. The average molecular weight is 446 g/mol. The number of hydrogen-bond acceptors (Lipinski definition) is 3. The molecule has 2 aromatic carbocycles. The summed E-state index contributed by atoms with van der Waals surface area (Å²) < 4.78 is 52.7. The summed E-state index contributed by atoms with van der Waals surface area (Å²) in [5, 5.41) is 0. The molecular weight excluding hydrogens is 424 g/mol. The summed E-state index contributed by atoms with van der Waals surface area (Å²) in [6.07, 6.45) is -2.81. The zero-order chi connectivity index (χ0) is 23.0. The molecule has 2 aliphatic rings. The second-order valence-corrected chi connectivity index (χ2v) is 8.29. The number of alkyl halides is 3. The third-order valence-corrected chi connectivity index (χ3v) is 5.97. The summed E-state index contributed by atoms with van der Waals surface area (Å²) in [6.45, 7) is 3.03. The number of likely N-dealkylation sites (tertiary alicyclic amines) is 1.